The first-order chi connectivity index (χ1) is 11.1. The van der Waals surface area contributed by atoms with Crippen LogP contribution in [0.15, 0.2) is 42.5 Å². The van der Waals surface area contributed by atoms with Crippen LogP contribution in [0.4, 0.5) is 11.4 Å². The van der Waals surface area contributed by atoms with Crippen molar-refractivity contribution >= 4 is 34.8 Å². The monoisotopic (exact) mass is 328 g/mol. The van der Waals surface area contributed by atoms with Gasteiger partial charge in [0.05, 0.1) is 0 Å². The minimum atomic E-state index is -0.646. The molecule has 0 unspecified atom stereocenters. The summed E-state index contributed by atoms with van der Waals surface area (Å²) in [6, 6.07) is 12.9. The molecule has 0 spiro atoms. The summed E-state index contributed by atoms with van der Waals surface area (Å²) in [6.07, 6.45) is 1.78. The van der Waals surface area contributed by atoms with Crippen LogP contribution in [-0.4, -0.2) is 18.4 Å². The third kappa shape index (κ3) is 3.08. The molecule has 0 saturated carbocycles. The van der Waals surface area contributed by atoms with Crippen molar-refractivity contribution in [2.75, 3.05) is 16.8 Å². The lowest BCUT2D eigenvalue weighted by molar-refractivity contribution is -0.134. The van der Waals surface area contributed by atoms with Crippen molar-refractivity contribution in [3.63, 3.8) is 0 Å². The Morgan fingerprint density at radius 2 is 1.91 bits per heavy atom. The fourth-order valence-corrected chi connectivity index (χ4v) is 2.96. The average Bonchev–Trinajstić information content (AvgIpc) is 2.57. The second-order valence-electron chi connectivity index (χ2n) is 5.56. The number of halogens is 1. The third-order valence-electron chi connectivity index (χ3n) is 4.07. The number of fused-ring (bicyclic) bond motifs is 1. The first-order valence-corrected chi connectivity index (χ1v) is 7.91. The molecule has 1 N–H and O–H groups in total. The lowest BCUT2D eigenvalue weighted by Crippen LogP contribution is -2.42. The Hall–Kier alpha value is -2.33. The van der Waals surface area contributed by atoms with Crippen molar-refractivity contribution < 1.29 is 9.59 Å². The summed E-state index contributed by atoms with van der Waals surface area (Å²) in [5.74, 6) is -1.19. The van der Waals surface area contributed by atoms with Crippen LogP contribution in [0, 0.1) is 6.92 Å². The molecule has 5 heteroatoms. The summed E-state index contributed by atoms with van der Waals surface area (Å²) in [6.45, 7) is 2.36. The van der Waals surface area contributed by atoms with Gasteiger partial charge in [-0.2, -0.15) is 0 Å². The quantitative estimate of drug-likeness (QED) is 0.814. The highest BCUT2D eigenvalue weighted by atomic mass is 35.5. The Morgan fingerprint density at radius 1 is 1.13 bits per heavy atom. The number of hydrogen-bond acceptors (Lipinski definition) is 2. The van der Waals surface area contributed by atoms with E-state index in [1.165, 1.54) is 0 Å². The second kappa shape index (κ2) is 6.42. The van der Waals surface area contributed by atoms with E-state index >= 15 is 0 Å². The summed E-state index contributed by atoms with van der Waals surface area (Å²) in [4.78, 5) is 26.4. The molecule has 0 fully saturated rings. The summed E-state index contributed by atoms with van der Waals surface area (Å²) < 4.78 is 0. The van der Waals surface area contributed by atoms with Crippen LogP contribution in [0.2, 0.25) is 5.02 Å². The van der Waals surface area contributed by atoms with Gasteiger partial charge >= 0.3 is 11.8 Å². The van der Waals surface area contributed by atoms with Crippen LogP contribution in [0.1, 0.15) is 17.5 Å². The Balaban J connectivity index is 1.81. The van der Waals surface area contributed by atoms with E-state index in [0.717, 1.165) is 29.7 Å². The number of benzene rings is 2. The number of carbonyl (C=O) groups is 2. The van der Waals surface area contributed by atoms with E-state index in [-0.39, 0.29) is 0 Å². The number of para-hydroxylation sites is 1. The zero-order chi connectivity index (χ0) is 16.4. The lowest BCUT2D eigenvalue weighted by atomic mass is 10.0. The SMILES string of the molecule is Cc1c(Cl)cccc1NC(=O)C(=O)N1CCCc2ccccc21. The Morgan fingerprint density at radius 3 is 2.74 bits per heavy atom. The second-order valence-corrected chi connectivity index (χ2v) is 5.96. The molecule has 118 valence electrons. The topological polar surface area (TPSA) is 49.4 Å². The molecule has 2 aromatic rings. The molecule has 1 aliphatic heterocycles. The highest BCUT2D eigenvalue weighted by molar-refractivity contribution is 6.44. The summed E-state index contributed by atoms with van der Waals surface area (Å²) in [5.41, 5.74) is 3.22. The first-order valence-electron chi connectivity index (χ1n) is 7.54. The van der Waals surface area contributed by atoms with Crippen LogP contribution >= 0.6 is 11.6 Å². The van der Waals surface area contributed by atoms with Crippen LogP contribution in [0.3, 0.4) is 0 Å². The van der Waals surface area contributed by atoms with Crippen LogP contribution < -0.4 is 10.2 Å². The molecular weight excluding hydrogens is 312 g/mol. The van der Waals surface area contributed by atoms with Crippen molar-refractivity contribution in [2.45, 2.75) is 19.8 Å². The van der Waals surface area contributed by atoms with Crippen molar-refractivity contribution in [1.29, 1.82) is 0 Å². The lowest BCUT2D eigenvalue weighted by Gasteiger charge is -2.28. The molecule has 0 atom stereocenters. The fourth-order valence-electron chi connectivity index (χ4n) is 2.79. The van der Waals surface area contributed by atoms with Crippen molar-refractivity contribution in [1.82, 2.24) is 0 Å². The number of carbonyl (C=O) groups excluding carboxylic acids is 2. The van der Waals surface area contributed by atoms with Crippen LogP contribution in [-0.2, 0) is 16.0 Å². The molecule has 0 aromatic heterocycles. The van der Waals surface area contributed by atoms with Gasteiger partial charge in [0.1, 0.15) is 0 Å². The molecule has 0 radical (unpaired) electrons. The Bertz CT molecular complexity index is 773. The van der Waals surface area contributed by atoms with E-state index in [4.69, 9.17) is 11.6 Å². The molecular formula is C18H17ClN2O2. The third-order valence-corrected chi connectivity index (χ3v) is 4.47. The van der Waals surface area contributed by atoms with Gasteiger partial charge in [-0.05, 0) is 49.1 Å². The van der Waals surface area contributed by atoms with Gasteiger partial charge in [0.25, 0.3) is 0 Å². The van der Waals surface area contributed by atoms with Crippen molar-refractivity contribution in [3.8, 4) is 0 Å². The maximum Gasteiger partial charge on any atom is 0.316 e. The minimum absolute atomic E-state index is 0.545. The van der Waals surface area contributed by atoms with Gasteiger partial charge < -0.3 is 10.2 Å². The number of rotatable bonds is 1. The maximum atomic E-state index is 12.5. The van der Waals surface area contributed by atoms with E-state index in [1.54, 1.807) is 30.0 Å². The molecule has 2 aromatic carbocycles. The maximum absolute atomic E-state index is 12.5. The molecule has 0 saturated heterocycles. The zero-order valence-corrected chi connectivity index (χ0v) is 13.6. The molecule has 3 rings (SSSR count). The van der Waals surface area contributed by atoms with Gasteiger partial charge in [0.2, 0.25) is 0 Å². The summed E-state index contributed by atoms with van der Waals surface area (Å²) in [5, 5.41) is 3.22. The molecule has 4 nitrogen and oxygen atoms in total. The molecule has 2 amide bonds. The van der Waals surface area contributed by atoms with Gasteiger partial charge in [-0.3, -0.25) is 9.59 Å². The smallest absolute Gasteiger partial charge is 0.316 e. The predicted molar refractivity (Wildman–Crippen MR) is 91.9 cm³/mol. The largest absolute Gasteiger partial charge is 0.317 e. The van der Waals surface area contributed by atoms with E-state index in [2.05, 4.69) is 5.32 Å². The highest BCUT2D eigenvalue weighted by Gasteiger charge is 2.27. The predicted octanol–water partition coefficient (Wildman–Crippen LogP) is 3.57. The van der Waals surface area contributed by atoms with Gasteiger partial charge in [-0.1, -0.05) is 35.9 Å². The van der Waals surface area contributed by atoms with E-state index in [9.17, 15) is 9.59 Å². The number of nitrogens with one attached hydrogen (secondary N) is 1. The van der Waals surface area contributed by atoms with Crippen LogP contribution in [0.25, 0.3) is 0 Å². The van der Waals surface area contributed by atoms with Crippen LogP contribution in [0.5, 0.6) is 0 Å². The Labute approximate surface area is 140 Å². The first kappa shape index (κ1) is 15.6. The number of anilines is 2. The molecule has 0 aliphatic carbocycles. The number of amides is 2. The Kier molecular flexibility index (Phi) is 4.35. The van der Waals surface area contributed by atoms with E-state index in [0.29, 0.717) is 17.3 Å². The normalized spacial score (nSPS) is 13.4. The molecule has 1 aliphatic rings. The molecule has 23 heavy (non-hydrogen) atoms. The zero-order valence-electron chi connectivity index (χ0n) is 12.8. The van der Waals surface area contributed by atoms with Crippen molar-refractivity contribution in [2.24, 2.45) is 0 Å². The van der Waals surface area contributed by atoms with Gasteiger partial charge in [-0.25, -0.2) is 0 Å². The van der Waals surface area contributed by atoms with E-state index in [1.807, 2.05) is 24.3 Å². The standard InChI is InChI=1S/C18H17ClN2O2/c1-12-14(19)8-4-9-15(12)20-17(22)18(23)21-11-5-7-13-6-2-3-10-16(13)21/h2-4,6,8-10H,5,7,11H2,1H3,(H,20,22). The van der Waals surface area contributed by atoms with E-state index < -0.39 is 11.8 Å². The number of aryl methyl sites for hydroxylation is 1. The van der Waals surface area contributed by atoms with Crippen molar-refractivity contribution in [3.05, 3.63) is 58.6 Å². The fraction of sp³-hybridized carbons (Fsp3) is 0.222. The summed E-state index contributed by atoms with van der Waals surface area (Å²) >= 11 is 6.05. The number of nitrogens with zero attached hydrogens (tertiary/aromatic N) is 1. The molecule has 0 bridgehead atoms. The number of hydrogen-bond donors (Lipinski definition) is 1. The van der Waals surface area contributed by atoms with Gasteiger partial charge in [0.15, 0.2) is 0 Å². The minimum Gasteiger partial charge on any atom is -0.317 e. The average molecular weight is 329 g/mol. The van der Waals surface area contributed by atoms with Gasteiger partial charge in [-0.15, -0.1) is 0 Å². The van der Waals surface area contributed by atoms with Gasteiger partial charge in [0, 0.05) is 22.9 Å². The summed E-state index contributed by atoms with van der Waals surface area (Å²) in [7, 11) is 0. The molecule has 1 heterocycles. The highest BCUT2D eigenvalue weighted by Crippen LogP contribution is 2.27.